The third kappa shape index (κ3) is 1.64. The van der Waals surface area contributed by atoms with Crippen molar-refractivity contribution in [3.8, 4) is 10.6 Å². The van der Waals surface area contributed by atoms with E-state index in [1.54, 1.807) is 10.9 Å². The van der Waals surface area contributed by atoms with E-state index in [4.69, 9.17) is 5.73 Å². The molecule has 3 heterocycles. The van der Waals surface area contributed by atoms with Crippen LogP contribution in [0.5, 0.6) is 0 Å². The number of rotatable bonds is 2. The molecule has 1 aliphatic rings. The molecule has 0 bridgehead atoms. The van der Waals surface area contributed by atoms with E-state index in [0.29, 0.717) is 11.7 Å². The molecule has 1 fully saturated rings. The molecule has 20 heavy (non-hydrogen) atoms. The van der Waals surface area contributed by atoms with Crippen LogP contribution in [0.15, 0.2) is 6.20 Å². The maximum absolute atomic E-state index is 6.01. The molecule has 0 aliphatic heterocycles. The zero-order chi connectivity index (χ0) is 13.7. The quantitative estimate of drug-likeness (QED) is 0.777. The summed E-state index contributed by atoms with van der Waals surface area (Å²) >= 11 is 1.50. The Morgan fingerprint density at radius 2 is 2.10 bits per heavy atom. The molecule has 3 aromatic rings. The fourth-order valence-electron chi connectivity index (χ4n) is 2.79. The number of anilines is 1. The lowest BCUT2D eigenvalue weighted by molar-refractivity contribution is 0.641. The molecule has 4 rings (SSSR count). The van der Waals surface area contributed by atoms with E-state index >= 15 is 0 Å². The average molecular weight is 289 g/mol. The van der Waals surface area contributed by atoms with Crippen LogP contribution in [0, 0.1) is 0 Å². The normalized spacial score (nSPS) is 16.4. The van der Waals surface area contributed by atoms with Gasteiger partial charge in [-0.05, 0) is 12.8 Å². The van der Waals surface area contributed by atoms with Gasteiger partial charge in [0.05, 0.1) is 11.8 Å². The monoisotopic (exact) mass is 289 g/mol. The summed E-state index contributed by atoms with van der Waals surface area (Å²) in [5.41, 5.74) is 6.87. The molecule has 0 unspecified atom stereocenters. The molecule has 1 saturated carbocycles. The second-order valence-corrected chi connectivity index (χ2v) is 6.16. The second kappa shape index (κ2) is 4.27. The van der Waals surface area contributed by atoms with Gasteiger partial charge in [0.2, 0.25) is 4.96 Å². The first-order chi connectivity index (χ1) is 9.74. The summed E-state index contributed by atoms with van der Waals surface area (Å²) < 4.78 is 3.53. The van der Waals surface area contributed by atoms with E-state index in [9.17, 15) is 0 Å². The SMILES string of the molecule is Cn1ncc(-c2nn3c(C4CCCC4)nnc3s2)c1N. The van der Waals surface area contributed by atoms with Gasteiger partial charge in [0.15, 0.2) is 10.8 Å². The molecule has 0 saturated heterocycles. The summed E-state index contributed by atoms with van der Waals surface area (Å²) in [6, 6.07) is 0. The molecular formula is C12H15N7S. The lowest BCUT2D eigenvalue weighted by Crippen LogP contribution is -2.01. The predicted octanol–water partition coefficient (Wildman–Crippen LogP) is 1.83. The highest BCUT2D eigenvalue weighted by molar-refractivity contribution is 7.19. The second-order valence-electron chi connectivity index (χ2n) is 5.21. The van der Waals surface area contributed by atoms with Crippen LogP contribution in [0.25, 0.3) is 15.5 Å². The van der Waals surface area contributed by atoms with Crippen LogP contribution in [-0.2, 0) is 7.05 Å². The number of nitrogen functional groups attached to an aromatic ring is 1. The van der Waals surface area contributed by atoms with Crippen LogP contribution >= 0.6 is 11.3 Å². The van der Waals surface area contributed by atoms with E-state index in [1.165, 1.54) is 37.0 Å². The van der Waals surface area contributed by atoms with E-state index < -0.39 is 0 Å². The number of hydrogen-bond donors (Lipinski definition) is 1. The van der Waals surface area contributed by atoms with Gasteiger partial charge in [-0.15, -0.1) is 10.2 Å². The summed E-state index contributed by atoms with van der Waals surface area (Å²) in [5.74, 6) is 2.10. The lowest BCUT2D eigenvalue weighted by Gasteiger charge is -2.03. The van der Waals surface area contributed by atoms with Crippen molar-refractivity contribution in [3.63, 3.8) is 0 Å². The number of nitrogens with zero attached hydrogens (tertiary/aromatic N) is 6. The van der Waals surface area contributed by atoms with E-state index in [2.05, 4.69) is 20.4 Å². The fourth-order valence-corrected chi connectivity index (χ4v) is 3.66. The van der Waals surface area contributed by atoms with Gasteiger partial charge in [-0.3, -0.25) is 4.68 Å². The molecule has 0 radical (unpaired) electrons. The molecule has 8 heteroatoms. The molecule has 0 aromatic carbocycles. The topological polar surface area (TPSA) is 86.9 Å². The molecule has 3 aromatic heterocycles. The van der Waals surface area contributed by atoms with Gasteiger partial charge in [0, 0.05) is 13.0 Å². The Morgan fingerprint density at radius 3 is 2.80 bits per heavy atom. The number of aryl methyl sites for hydroxylation is 1. The summed E-state index contributed by atoms with van der Waals surface area (Å²) in [6.07, 6.45) is 6.65. The smallest absolute Gasteiger partial charge is 0.234 e. The van der Waals surface area contributed by atoms with Crippen LogP contribution in [0.2, 0.25) is 0 Å². The molecule has 104 valence electrons. The molecule has 0 amide bonds. The van der Waals surface area contributed by atoms with Crippen LogP contribution in [0.4, 0.5) is 5.82 Å². The Morgan fingerprint density at radius 1 is 1.30 bits per heavy atom. The molecule has 0 spiro atoms. The Balaban J connectivity index is 1.81. The Hall–Kier alpha value is -1.96. The standard InChI is InChI=1S/C12H15N7S/c1-18-9(13)8(6-14-18)11-17-19-10(7-4-2-3-5-7)15-16-12(19)20-11/h6-7H,2-5,13H2,1H3. The lowest BCUT2D eigenvalue weighted by atomic mass is 10.1. The largest absolute Gasteiger partial charge is 0.383 e. The highest BCUT2D eigenvalue weighted by Crippen LogP contribution is 2.35. The Kier molecular flexibility index (Phi) is 2.53. The van der Waals surface area contributed by atoms with Crippen molar-refractivity contribution in [1.82, 2.24) is 29.6 Å². The minimum atomic E-state index is 0.492. The third-order valence-corrected chi connectivity index (χ3v) is 4.88. The van der Waals surface area contributed by atoms with Gasteiger partial charge >= 0.3 is 0 Å². The van der Waals surface area contributed by atoms with Crippen LogP contribution in [0.3, 0.4) is 0 Å². The van der Waals surface area contributed by atoms with Crippen molar-refractivity contribution in [2.24, 2.45) is 7.05 Å². The van der Waals surface area contributed by atoms with Crippen LogP contribution in [-0.4, -0.2) is 29.6 Å². The highest BCUT2D eigenvalue weighted by Gasteiger charge is 2.24. The molecule has 1 aliphatic carbocycles. The van der Waals surface area contributed by atoms with Crippen molar-refractivity contribution < 1.29 is 0 Å². The van der Waals surface area contributed by atoms with Gasteiger partial charge in [-0.25, -0.2) is 0 Å². The zero-order valence-electron chi connectivity index (χ0n) is 11.2. The van der Waals surface area contributed by atoms with Crippen LogP contribution in [0.1, 0.15) is 37.4 Å². The van der Waals surface area contributed by atoms with Gasteiger partial charge in [0.1, 0.15) is 5.82 Å². The van der Waals surface area contributed by atoms with Gasteiger partial charge in [-0.1, -0.05) is 24.2 Å². The first kappa shape index (κ1) is 11.8. The van der Waals surface area contributed by atoms with Crippen molar-refractivity contribution in [1.29, 1.82) is 0 Å². The van der Waals surface area contributed by atoms with Crippen molar-refractivity contribution in [3.05, 3.63) is 12.0 Å². The molecule has 7 nitrogen and oxygen atoms in total. The first-order valence-electron chi connectivity index (χ1n) is 6.74. The molecule has 2 N–H and O–H groups in total. The third-order valence-electron chi connectivity index (χ3n) is 3.95. The van der Waals surface area contributed by atoms with Crippen LogP contribution < -0.4 is 5.73 Å². The number of hydrogen-bond acceptors (Lipinski definition) is 6. The molecule has 0 atom stereocenters. The maximum atomic E-state index is 6.01. The summed E-state index contributed by atoms with van der Waals surface area (Å²) in [5, 5.41) is 18.2. The first-order valence-corrected chi connectivity index (χ1v) is 7.55. The van der Waals surface area contributed by atoms with E-state index in [-0.39, 0.29) is 0 Å². The van der Waals surface area contributed by atoms with Crippen molar-refractivity contribution >= 4 is 22.1 Å². The number of aromatic nitrogens is 6. The van der Waals surface area contributed by atoms with E-state index in [0.717, 1.165) is 21.4 Å². The van der Waals surface area contributed by atoms with Crippen molar-refractivity contribution in [2.75, 3.05) is 5.73 Å². The van der Waals surface area contributed by atoms with Gasteiger partial charge in [-0.2, -0.15) is 14.7 Å². The van der Waals surface area contributed by atoms with Gasteiger partial charge < -0.3 is 5.73 Å². The van der Waals surface area contributed by atoms with E-state index in [1.807, 2.05) is 11.6 Å². The summed E-state index contributed by atoms with van der Waals surface area (Å²) in [7, 11) is 1.82. The number of fused-ring (bicyclic) bond motifs is 1. The Labute approximate surface area is 119 Å². The summed E-state index contributed by atoms with van der Waals surface area (Å²) in [4.78, 5) is 0.824. The average Bonchev–Trinajstić information content (AvgIpc) is 3.15. The van der Waals surface area contributed by atoms with Crippen molar-refractivity contribution in [2.45, 2.75) is 31.6 Å². The fraction of sp³-hybridized carbons (Fsp3) is 0.500. The minimum Gasteiger partial charge on any atom is -0.383 e. The predicted molar refractivity (Wildman–Crippen MR) is 76.5 cm³/mol. The maximum Gasteiger partial charge on any atom is 0.234 e. The highest BCUT2D eigenvalue weighted by atomic mass is 32.1. The number of nitrogens with two attached hydrogens (primary N) is 1. The van der Waals surface area contributed by atoms with Gasteiger partial charge in [0.25, 0.3) is 0 Å². The summed E-state index contributed by atoms with van der Waals surface area (Å²) in [6.45, 7) is 0. The molecular weight excluding hydrogens is 274 g/mol. The Bertz CT molecular complexity index is 762. The zero-order valence-corrected chi connectivity index (χ0v) is 12.0. The minimum absolute atomic E-state index is 0.492.